The van der Waals surface area contributed by atoms with Crippen molar-refractivity contribution >= 4 is 0 Å². The normalized spacial score (nSPS) is 18.8. The first-order chi connectivity index (χ1) is 4.52. The first-order valence-electron chi connectivity index (χ1n) is 2.57. The molecule has 1 heterocycles. The smallest absolute Gasteiger partial charge is 0.306 e. The van der Waals surface area contributed by atoms with E-state index in [0.29, 0.717) is 0 Å². The third-order valence-electron chi connectivity index (χ3n) is 1.10. The maximum Gasteiger partial charge on any atom is 0.434 e. The van der Waals surface area contributed by atoms with Gasteiger partial charge < -0.3 is 5.43 Å². The molecular weight excluding hydrogens is 147 g/mol. The summed E-state index contributed by atoms with van der Waals surface area (Å²) < 4.78 is 35.4. The molecule has 0 aromatic rings. The third-order valence-corrected chi connectivity index (χ3v) is 1.10. The summed E-state index contributed by atoms with van der Waals surface area (Å²) in [6.07, 6.45) is -4.30. The van der Waals surface area contributed by atoms with Gasteiger partial charge in [-0.15, -0.1) is 0 Å². The van der Waals surface area contributed by atoms with Crippen LogP contribution in [-0.4, -0.2) is 6.18 Å². The molecule has 0 saturated carbocycles. The van der Waals surface area contributed by atoms with Crippen LogP contribution in [0.5, 0.6) is 0 Å². The van der Waals surface area contributed by atoms with Crippen molar-refractivity contribution in [2.24, 2.45) is 0 Å². The SMILES string of the molecule is CC1=C(C(F)(F)F)NNN1. The van der Waals surface area contributed by atoms with Crippen LogP contribution < -0.4 is 16.4 Å². The van der Waals surface area contributed by atoms with Gasteiger partial charge in [0, 0.05) is 0 Å². The third kappa shape index (κ3) is 1.15. The number of alkyl halides is 3. The summed E-state index contributed by atoms with van der Waals surface area (Å²) in [5.41, 5.74) is 5.63. The van der Waals surface area contributed by atoms with Crippen molar-refractivity contribution in [3.05, 3.63) is 11.4 Å². The highest BCUT2D eigenvalue weighted by Crippen LogP contribution is 2.25. The first-order valence-corrected chi connectivity index (χ1v) is 2.57. The van der Waals surface area contributed by atoms with Gasteiger partial charge >= 0.3 is 6.18 Å². The van der Waals surface area contributed by atoms with Gasteiger partial charge in [-0.05, 0) is 6.92 Å². The summed E-state index contributed by atoms with van der Waals surface area (Å²) in [5, 5.41) is 0. The van der Waals surface area contributed by atoms with E-state index in [2.05, 4.69) is 11.0 Å². The van der Waals surface area contributed by atoms with Crippen LogP contribution in [-0.2, 0) is 0 Å². The molecule has 3 N–H and O–H groups in total. The Labute approximate surface area is 55.2 Å². The average molecular weight is 153 g/mol. The van der Waals surface area contributed by atoms with Crippen LogP contribution in [0.3, 0.4) is 0 Å². The highest BCUT2D eigenvalue weighted by atomic mass is 19.4. The molecule has 0 bridgehead atoms. The number of rotatable bonds is 0. The minimum atomic E-state index is -4.30. The van der Waals surface area contributed by atoms with Crippen molar-refractivity contribution < 1.29 is 13.2 Å². The van der Waals surface area contributed by atoms with E-state index in [1.807, 2.05) is 5.43 Å². The van der Waals surface area contributed by atoms with Crippen LogP contribution in [0.15, 0.2) is 11.4 Å². The molecule has 10 heavy (non-hydrogen) atoms. The molecule has 3 nitrogen and oxygen atoms in total. The standard InChI is InChI=1S/C4H6F3N3/c1-2-3(4(5,6)7)9-10-8-2/h8-10H,1H3. The van der Waals surface area contributed by atoms with E-state index >= 15 is 0 Å². The van der Waals surface area contributed by atoms with E-state index in [-0.39, 0.29) is 5.70 Å². The van der Waals surface area contributed by atoms with Gasteiger partial charge in [0.25, 0.3) is 0 Å². The molecule has 0 spiro atoms. The minimum absolute atomic E-state index is 0.0486. The summed E-state index contributed by atoms with van der Waals surface area (Å²) in [5.74, 6) is 0. The van der Waals surface area contributed by atoms with E-state index < -0.39 is 11.9 Å². The molecule has 1 aliphatic heterocycles. The van der Waals surface area contributed by atoms with Gasteiger partial charge in [0.05, 0.1) is 5.70 Å². The predicted octanol–water partition coefficient (Wildman–Crippen LogP) is 0.393. The summed E-state index contributed by atoms with van der Waals surface area (Å²) in [6.45, 7) is 1.33. The molecule has 0 aliphatic carbocycles. The Kier molecular flexibility index (Phi) is 1.47. The Morgan fingerprint density at radius 3 is 2.00 bits per heavy atom. The Balaban J connectivity index is 2.81. The van der Waals surface area contributed by atoms with E-state index in [0.717, 1.165) is 0 Å². The Morgan fingerprint density at radius 1 is 1.20 bits per heavy atom. The van der Waals surface area contributed by atoms with Gasteiger partial charge in [0.15, 0.2) is 5.70 Å². The maximum absolute atomic E-state index is 11.8. The van der Waals surface area contributed by atoms with E-state index in [4.69, 9.17) is 0 Å². The van der Waals surface area contributed by atoms with Crippen molar-refractivity contribution in [1.29, 1.82) is 0 Å². The van der Waals surface area contributed by atoms with Gasteiger partial charge in [0.1, 0.15) is 0 Å². The second-order valence-electron chi connectivity index (χ2n) is 1.87. The number of nitrogens with one attached hydrogen (secondary N) is 3. The van der Waals surface area contributed by atoms with Crippen molar-refractivity contribution in [2.75, 3.05) is 0 Å². The van der Waals surface area contributed by atoms with Crippen LogP contribution >= 0.6 is 0 Å². The van der Waals surface area contributed by atoms with Crippen LogP contribution in [0.1, 0.15) is 6.92 Å². The molecule has 0 radical (unpaired) electrons. The summed E-state index contributed by atoms with van der Waals surface area (Å²) >= 11 is 0. The fourth-order valence-corrected chi connectivity index (χ4v) is 0.627. The van der Waals surface area contributed by atoms with E-state index in [9.17, 15) is 13.2 Å². The van der Waals surface area contributed by atoms with E-state index in [1.165, 1.54) is 6.92 Å². The Morgan fingerprint density at radius 2 is 1.80 bits per heavy atom. The second-order valence-corrected chi connectivity index (χ2v) is 1.87. The molecule has 0 saturated heterocycles. The zero-order chi connectivity index (χ0) is 7.78. The number of hydrogen-bond acceptors (Lipinski definition) is 3. The van der Waals surface area contributed by atoms with Gasteiger partial charge in [0.2, 0.25) is 0 Å². The van der Waals surface area contributed by atoms with Crippen LogP contribution in [0.4, 0.5) is 13.2 Å². The Hall–Kier alpha value is -0.910. The molecule has 6 heteroatoms. The highest BCUT2D eigenvalue weighted by molar-refractivity contribution is 5.15. The van der Waals surface area contributed by atoms with E-state index in [1.54, 1.807) is 0 Å². The lowest BCUT2D eigenvalue weighted by Crippen LogP contribution is -2.35. The topological polar surface area (TPSA) is 36.1 Å². The molecule has 0 amide bonds. The monoisotopic (exact) mass is 153 g/mol. The largest absolute Gasteiger partial charge is 0.434 e. The van der Waals surface area contributed by atoms with Gasteiger partial charge in [-0.3, -0.25) is 5.43 Å². The van der Waals surface area contributed by atoms with Crippen molar-refractivity contribution in [2.45, 2.75) is 13.1 Å². The lowest BCUT2D eigenvalue weighted by molar-refractivity contribution is -0.0970. The number of hydrazine groups is 2. The highest BCUT2D eigenvalue weighted by Gasteiger charge is 2.37. The zero-order valence-corrected chi connectivity index (χ0v) is 5.13. The zero-order valence-electron chi connectivity index (χ0n) is 5.13. The van der Waals surface area contributed by atoms with Crippen molar-refractivity contribution in [3.63, 3.8) is 0 Å². The van der Waals surface area contributed by atoms with Gasteiger partial charge in [-0.25, -0.2) is 0 Å². The number of hydrogen-bond donors (Lipinski definition) is 3. The predicted molar refractivity (Wildman–Crippen MR) is 28.2 cm³/mol. The summed E-state index contributed by atoms with van der Waals surface area (Å²) in [4.78, 5) is 0. The molecule has 1 aliphatic rings. The Bertz CT molecular complexity index is 171. The quantitative estimate of drug-likeness (QED) is 0.471. The number of halogens is 3. The molecule has 0 aromatic carbocycles. The molecule has 0 fully saturated rings. The van der Waals surface area contributed by atoms with Crippen molar-refractivity contribution in [1.82, 2.24) is 16.4 Å². The second kappa shape index (κ2) is 2.05. The molecule has 0 aromatic heterocycles. The maximum atomic E-state index is 11.8. The van der Waals surface area contributed by atoms with Crippen molar-refractivity contribution in [3.8, 4) is 0 Å². The molecule has 1 rings (SSSR count). The van der Waals surface area contributed by atoms with Crippen LogP contribution in [0, 0.1) is 0 Å². The summed E-state index contributed by atoms with van der Waals surface area (Å²) in [7, 11) is 0. The lowest BCUT2D eigenvalue weighted by atomic mass is 10.3. The fraction of sp³-hybridized carbons (Fsp3) is 0.500. The number of allylic oxidation sites excluding steroid dienone is 2. The minimum Gasteiger partial charge on any atom is -0.306 e. The molecule has 58 valence electrons. The lowest BCUT2D eigenvalue weighted by Gasteiger charge is -2.06. The average Bonchev–Trinajstić information content (AvgIpc) is 2.11. The molecule has 0 unspecified atom stereocenters. The summed E-state index contributed by atoms with van der Waals surface area (Å²) in [6, 6.07) is 0. The molecular formula is C4H6F3N3. The van der Waals surface area contributed by atoms with Gasteiger partial charge in [-0.2, -0.15) is 18.7 Å². The fourth-order valence-electron chi connectivity index (χ4n) is 0.627. The first kappa shape index (κ1) is 7.20. The van der Waals surface area contributed by atoms with Gasteiger partial charge in [-0.1, -0.05) is 0 Å². The van der Waals surface area contributed by atoms with Crippen LogP contribution in [0.2, 0.25) is 0 Å². The van der Waals surface area contributed by atoms with Crippen LogP contribution in [0.25, 0.3) is 0 Å². The molecule has 0 atom stereocenters.